The quantitative estimate of drug-likeness (QED) is 0.0261. The molecule has 0 aliphatic carbocycles. The van der Waals surface area contributed by atoms with Gasteiger partial charge in [-0.2, -0.15) is 0 Å². The van der Waals surface area contributed by atoms with E-state index in [1.807, 2.05) is 0 Å². The molecule has 0 aliphatic heterocycles. The van der Waals surface area contributed by atoms with Crippen LogP contribution in [0.25, 0.3) is 0 Å². The van der Waals surface area contributed by atoms with Crippen molar-refractivity contribution in [3.8, 4) is 0 Å². The average molecular weight is 1070 g/mol. The van der Waals surface area contributed by atoms with Crippen molar-refractivity contribution in [2.24, 2.45) is 0 Å². The number of hydrogen-bond donors (Lipinski definition) is 0. The maximum atomic E-state index is 12.9. The molecule has 6 nitrogen and oxygen atoms in total. The topological polar surface area (TPSA) is 78.9 Å². The van der Waals surface area contributed by atoms with Crippen molar-refractivity contribution in [1.82, 2.24) is 0 Å². The Labute approximate surface area is 473 Å². The van der Waals surface area contributed by atoms with Crippen LogP contribution in [0.4, 0.5) is 0 Å². The molecule has 0 aromatic heterocycles. The number of ether oxygens (including phenoxy) is 3. The van der Waals surface area contributed by atoms with E-state index >= 15 is 0 Å². The van der Waals surface area contributed by atoms with Crippen LogP contribution in [0, 0.1) is 0 Å². The van der Waals surface area contributed by atoms with Crippen LogP contribution in [-0.4, -0.2) is 37.2 Å². The second-order valence-electron chi connectivity index (χ2n) is 22.7. The van der Waals surface area contributed by atoms with Gasteiger partial charge in [-0.05, 0) is 57.8 Å². The van der Waals surface area contributed by atoms with Crippen molar-refractivity contribution < 1.29 is 28.6 Å². The van der Waals surface area contributed by atoms with Gasteiger partial charge in [0.25, 0.3) is 0 Å². The number of hydrogen-bond acceptors (Lipinski definition) is 6. The molecule has 0 aromatic carbocycles. The number of carbonyl (C=O) groups is 3. The molecule has 0 radical (unpaired) electrons. The largest absolute Gasteiger partial charge is 0.462 e. The van der Waals surface area contributed by atoms with Crippen molar-refractivity contribution in [3.05, 3.63) is 48.6 Å². The molecule has 6 heteroatoms. The predicted octanol–water partition coefficient (Wildman–Crippen LogP) is 22.9. The van der Waals surface area contributed by atoms with Crippen molar-refractivity contribution >= 4 is 17.9 Å². The van der Waals surface area contributed by atoms with Gasteiger partial charge in [0, 0.05) is 19.3 Å². The Kier molecular flexibility index (Phi) is 62.6. The lowest BCUT2D eigenvalue weighted by Gasteiger charge is -2.18. The first-order valence-electron chi connectivity index (χ1n) is 33.6. The molecule has 0 spiro atoms. The number of esters is 3. The lowest BCUT2D eigenvalue weighted by Crippen LogP contribution is -2.30. The van der Waals surface area contributed by atoms with E-state index in [4.69, 9.17) is 14.2 Å². The minimum atomic E-state index is -0.771. The van der Waals surface area contributed by atoms with Gasteiger partial charge in [0.1, 0.15) is 13.2 Å². The third-order valence-electron chi connectivity index (χ3n) is 15.1. The highest BCUT2D eigenvalue weighted by atomic mass is 16.6. The standard InChI is InChI=1S/C70H128O6/c1-4-7-10-13-16-18-20-22-24-26-28-30-32-33-34-35-36-38-39-41-43-45-47-49-51-54-57-60-63-69(72)75-66-67(65-74-68(71)62-59-56-53-15-12-9-6-3)76-70(73)64-61-58-55-52-50-48-46-44-42-40-37-31-29-27-25-23-21-19-17-14-11-8-5-2/h8,11,17,19,23,25,29,31,67H,4-7,9-10,12-16,18,20-22,24,26-28,30,32-66H2,1-3H3/b11-8-,19-17-,25-23-,31-29-. The van der Waals surface area contributed by atoms with E-state index in [2.05, 4.69) is 69.4 Å². The zero-order chi connectivity index (χ0) is 55.0. The Balaban J connectivity index is 4.05. The molecule has 0 bridgehead atoms. The molecule has 0 N–H and O–H groups in total. The Morgan fingerprint density at radius 3 is 0.803 bits per heavy atom. The number of carbonyl (C=O) groups excluding carboxylic acids is 3. The van der Waals surface area contributed by atoms with E-state index in [-0.39, 0.29) is 31.1 Å². The summed E-state index contributed by atoms with van der Waals surface area (Å²) in [5.41, 5.74) is 0. The fourth-order valence-corrected chi connectivity index (χ4v) is 10.1. The van der Waals surface area contributed by atoms with Crippen molar-refractivity contribution in [2.45, 2.75) is 367 Å². The van der Waals surface area contributed by atoms with Crippen LogP contribution in [0.1, 0.15) is 361 Å². The molecule has 0 rings (SSSR count). The molecule has 1 atom stereocenters. The molecule has 0 aromatic rings. The zero-order valence-corrected chi connectivity index (χ0v) is 51.0. The van der Waals surface area contributed by atoms with Gasteiger partial charge in [0.05, 0.1) is 0 Å². The Morgan fingerprint density at radius 1 is 0.276 bits per heavy atom. The first kappa shape index (κ1) is 73.4. The van der Waals surface area contributed by atoms with E-state index in [1.165, 1.54) is 238 Å². The van der Waals surface area contributed by atoms with Crippen LogP contribution < -0.4 is 0 Å². The van der Waals surface area contributed by atoms with Crippen molar-refractivity contribution in [2.75, 3.05) is 13.2 Å². The van der Waals surface area contributed by atoms with E-state index in [9.17, 15) is 14.4 Å². The minimum Gasteiger partial charge on any atom is -0.462 e. The van der Waals surface area contributed by atoms with E-state index < -0.39 is 6.10 Å². The molecule has 0 saturated carbocycles. The van der Waals surface area contributed by atoms with Gasteiger partial charge in [-0.1, -0.05) is 333 Å². The maximum Gasteiger partial charge on any atom is 0.306 e. The average Bonchev–Trinajstić information content (AvgIpc) is 3.42. The van der Waals surface area contributed by atoms with Crippen LogP contribution in [0.2, 0.25) is 0 Å². The molecule has 444 valence electrons. The second-order valence-corrected chi connectivity index (χ2v) is 22.7. The molecule has 0 heterocycles. The third-order valence-corrected chi connectivity index (χ3v) is 15.1. The monoisotopic (exact) mass is 1060 g/mol. The highest BCUT2D eigenvalue weighted by Gasteiger charge is 2.19. The highest BCUT2D eigenvalue weighted by molar-refractivity contribution is 5.71. The lowest BCUT2D eigenvalue weighted by molar-refractivity contribution is -0.167. The summed E-state index contributed by atoms with van der Waals surface area (Å²) >= 11 is 0. The zero-order valence-electron chi connectivity index (χ0n) is 51.0. The van der Waals surface area contributed by atoms with E-state index in [0.717, 1.165) is 83.5 Å². The van der Waals surface area contributed by atoms with Gasteiger partial charge in [-0.15, -0.1) is 0 Å². The number of rotatable bonds is 62. The van der Waals surface area contributed by atoms with E-state index in [0.29, 0.717) is 19.3 Å². The molecule has 0 aliphatic rings. The summed E-state index contributed by atoms with van der Waals surface area (Å²) in [6.45, 7) is 6.54. The summed E-state index contributed by atoms with van der Waals surface area (Å²) in [4.78, 5) is 38.1. The summed E-state index contributed by atoms with van der Waals surface area (Å²) in [7, 11) is 0. The summed E-state index contributed by atoms with van der Waals surface area (Å²) in [5, 5.41) is 0. The molecule has 0 saturated heterocycles. The second kappa shape index (κ2) is 64.9. The predicted molar refractivity (Wildman–Crippen MR) is 330 cm³/mol. The van der Waals surface area contributed by atoms with Crippen LogP contribution in [0.15, 0.2) is 48.6 Å². The van der Waals surface area contributed by atoms with Crippen LogP contribution in [0.3, 0.4) is 0 Å². The Hall–Kier alpha value is -2.63. The van der Waals surface area contributed by atoms with Gasteiger partial charge >= 0.3 is 17.9 Å². The van der Waals surface area contributed by atoms with Gasteiger partial charge in [-0.25, -0.2) is 0 Å². The minimum absolute atomic E-state index is 0.0702. The van der Waals surface area contributed by atoms with Gasteiger partial charge in [0.2, 0.25) is 0 Å². The van der Waals surface area contributed by atoms with Crippen LogP contribution >= 0.6 is 0 Å². The maximum absolute atomic E-state index is 12.9. The summed E-state index contributed by atoms with van der Waals surface area (Å²) in [6, 6.07) is 0. The summed E-state index contributed by atoms with van der Waals surface area (Å²) in [5.74, 6) is -0.860. The fraction of sp³-hybridized carbons (Fsp3) is 0.843. The van der Waals surface area contributed by atoms with Crippen LogP contribution in [0.5, 0.6) is 0 Å². The fourth-order valence-electron chi connectivity index (χ4n) is 10.1. The van der Waals surface area contributed by atoms with Crippen molar-refractivity contribution in [1.29, 1.82) is 0 Å². The summed E-state index contributed by atoms with van der Waals surface area (Å²) < 4.78 is 16.9. The van der Waals surface area contributed by atoms with Crippen LogP contribution in [-0.2, 0) is 28.6 Å². The molecule has 0 amide bonds. The third kappa shape index (κ3) is 62.2. The van der Waals surface area contributed by atoms with Crippen molar-refractivity contribution in [3.63, 3.8) is 0 Å². The smallest absolute Gasteiger partial charge is 0.306 e. The summed E-state index contributed by atoms with van der Waals surface area (Å²) in [6.07, 6.45) is 81.7. The first-order valence-corrected chi connectivity index (χ1v) is 33.6. The first-order chi connectivity index (χ1) is 37.5. The SMILES string of the molecule is CC/C=C\C/C=C\C/C=C\C/C=C\CCCCCCCCCCCCC(=O)OC(COC(=O)CCCCCCCCC)COC(=O)CCCCCCCCCCCCCCCCCCCCCCCCCCCCCC. The molecular weight excluding hydrogens is 937 g/mol. The molecule has 76 heavy (non-hydrogen) atoms. The van der Waals surface area contributed by atoms with E-state index in [1.54, 1.807) is 0 Å². The molecule has 0 fully saturated rings. The number of allylic oxidation sites excluding steroid dienone is 8. The van der Waals surface area contributed by atoms with Gasteiger partial charge in [-0.3, -0.25) is 14.4 Å². The molecule has 1 unspecified atom stereocenters. The lowest BCUT2D eigenvalue weighted by atomic mass is 10.0. The van der Waals surface area contributed by atoms with Gasteiger partial charge in [0.15, 0.2) is 6.10 Å². The Morgan fingerprint density at radius 2 is 0.513 bits per heavy atom. The van der Waals surface area contributed by atoms with Gasteiger partial charge < -0.3 is 14.2 Å². The number of unbranched alkanes of at least 4 members (excludes halogenated alkanes) is 43. The molecular formula is C70H128O6. The highest BCUT2D eigenvalue weighted by Crippen LogP contribution is 2.18. The normalized spacial score (nSPS) is 12.3. The Bertz CT molecular complexity index is 1310.